The molecule has 2 aromatic rings. The molecule has 1 amide bonds. The predicted octanol–water partition coefficient (Wildman–Crippen LogP) is 0.669. The molecular formula is C12H10N6O. The molecule has 7 nitrogen and oxygen atoms in total. The van der Waals surface area contributed by atoms with E-state index in [-0.39, 0.29) is 12.5 Å². The fourth-order valence-electron chi connectivity index (χ4n) is 2.05. The van der Waals surface area contributed by atoms with E-state index in [1.807, 2.05) is 6.07 Å². The lowest BCUT2D eigenvalue weighted by atomic mass is 10.1. The highest BCUT2D eigenvalue weighted by Gasteiger charge is 2.26. The van der Waals surface area contributed by atoms with Crippen LogP contribution in [0.15, 0.2) is 18.5 Å². The summed E-state index contributed by atoms with van der Waals surface area (Å²) in [6.45, 7) is 0.00522. The minimum absolute atomic E-state index is 0.00522. The van der Waals surface area contributed by atoms with Gasteiger partial charge in [-0.3, -0.25) is 14.8 Å². The van der Waals surface area contributed by atoms with Gasteiger partial charge in [-0.15, -0.1) is 0 Å². The number of amides is 1. The van der Waals surface area contributed by atoms with Crippen molar-refractivity contribution >= 4 is 11.7 Å². The molecule has 0 fully saturated rings. The Balaban J connectivity index is 2.07. The third-order valence-corrected chi connectivity index (χ3v) is 2.98. The van der Waals surface area contributed by atoms with Gasteiger partial charge in [-0.1, -0.05) is 0 Å². The normalized spacial score (nSPS) is 14.1. The van der Waals surface area contributed by atoms with E-state index in [1.54, 1.807) is 18.5 Å². The maximum absolute atomic E-state index is 11.8. The maximum atomic E-state index is 11.8. The highest BCUT2D eigenvalue weighted by molar-refractivity contribution is 5.95. The number of hydrogen-bond acceptors (Lipinski definition) is 5. The number of carbonyl (C=O) groups is 1. The smallest absolute Gasteiger partial charge is 0.229 e. The zero-order valence-electron chi connectivity index (χ0n) is 10.00. The zero-order valence-corrected chi connectivity index (χ0v) is 10.00. The average Bonchev–Trinajstić information content (AvgIpc) is 2.96. The molecule has 1 aliphatic rings. The number of anilines is 1. The van der Waals surface area contributed by atoms with Crippen LogP contribution in [0.1, 0.15) is 12.0 Å². The zero-order chi connectivity index (χ0) is 13.2. The quantitative estimate of drug-likeness (QED) is 0.794. The minimum Gasteiger partial charge on any atom is -0.282 e. The third kappa shape index (κ3) is 1.93. The number of aromatic nitrogens is 4. The highest BCUT2D eigenvalue weighted by atomic mass is 16.2. The van der Waals surface area contributed by atoms with Gasteiger partial charge in [-0.25, -0.2) is 9.97 Å². The van der Waals surface area contributed by atoms with Crippen molar-refractivity contribution in [3.05, 3.63) is 24.0 Å². The lowest BCUT2D eigenvalue weighted by Crippen LogP contribution is -2.36. The van der Waals surface area contributed by atoms with Gasteiger partial charge in [0.15, 0.2) is 5.82 Å². The topological polar surface area (TPSA) is 98.6 Å². The number of rotatable bonds is 2. The van der Waals surface area contributed by atoms with Gasteiger partial charge >= 0.3 is 0 Å². The first-order valence-corrected chi connectivity index (χ1v) is 5.82. The molecule has 1 aliphatic heterocycles. The Bertz CT molecular complexity index is 657. The van der Waals surface area contributed by atoms with E-state index in [1.165, 1.54) is 4.90 Å². The number of hydrogen-bond donors (Lipinski definition) is 1. The first kappa shape index (κ1) is 11.3. The minimum atomic E-state index is -0.0803. The standard InChI is InChI=1S/C12H10N6O/c13-4-6-18-10(19)2-1-8-7-14-11(16-12(8)18)9-3-5-15-17-9/h3,5,7H,1-2,6H2,(H,15,17). The van der Waals surface area contributed by atoms with Crippen LogP contribution in [-0.2, 0) is 11.2 Å². The molecule has 0 radical (unpaired) electrons. The van der Waals surface area contributed by atoms with E-state index in [4.69, 9.17) is 5.26 Å². The van der Waals surface area contributed by atoms with Crippen LogP contribution in [0.2, 0.25) is 0 Å². The van der Waals surface area contributed by atoms with E-state index in [0.717, 1.165) is 5.56 Å². The van der Waals surface area contributed by atoms with Gasteiger partial charge in [0.2, 0.25) is 5.91 Å². The Morgan fingerprint density at radius 2 is 2.37 bits per heavy atom. The van der Waals surface area contributed by atoms with Crippen LogP contribution < -0.4 is 4.90 Å². The average molecular weight is 254 g/mol. The molecule has 3 heterocycles. The molecule has 0 aliphatic carbocycles. The van der Waals surface area contributed by atoms with E-state index < -0.39 is 0 Å². The summed E-state index contributed by atoms with van der Waals surface area (Å²) in [5.74, 6) is 0.912. The molecule has 0 saturated heterocycles. The molecule has 7 heteroatoms. The molecule has 2 aromatic heterocycles. The molecule has 0 spiro atoms. The van der Waals surface area contributed by atoms with Gasteiger partial charge in [0.25, 0.3) is 0 Å². The number of nitrogens with one attached hydrogen (secondary N) is 1. The molecule has 0 atom stereocenters. The number of fused-ring (bicyclic) bond motifs is 1. The Kier molecular flexibility index (Phi) is 2.68. The van der Waals surface area contributed by atoms with Crippen molar-refractivity contribution in [1.82, 2.24) is 20.2 Å². The number of carbonyl (C=O) groups excluding carboxylic acids is 1. The largest absolute Gasteiger partial charge is 0.282 e. The van der Waals surface area contributed by atoms with Crippen LogP contribution in [0, 0.1) is 11.3 Å². The van der Waals surface area contributed by atoms with Crippen molar-refractivity contribution in [1.29, 1.82) is 5.26 Å². The van der Waals surface area contributed by atoms with Crippen molar-refractivity contribution in [2.45, 2.75) is 12.8 Å². The molecule has 0 saturated carbocycles. The molecule has 0 aromatic carbocycles. The Labute approximate surface area is 108 Å². The van der Waals surface area contributed by atoms with Crippen molar-refractivity contribution in [3.63, 3.8) is 0 Å². The second-order valence-electron chi connectivity index (χ2n) is 4.15. The van der Waals surface area contributed by atoms with Gasteiger partial charge in [0.1, 0.15) is 18.1 Å². The molecule has 1 N–H and O–H groups in total. The monoisotopic (exact) mass is 254 g/mol. The molecule has 19 heavy (non-hydrogen) atoms. The summed E-state index contributed by atoms with van der Waals surface area (Å²) in [4.78, 5) is 21.9. The number of H-pyrrole nitrogens is 1. The summed E-state index contributed by atoms with van der Waals surface area (Å²) >= 11 is 0. The van der Waals surface area contributed by atoms with Crippen LogP contribution in [0.4, 0.5) is 5.82 Å². The SMILES string of the molecule is N#CCN1C(=O)CCc2cnc(-c3ccn[nH]3)nc21. The van der Waals surface area contributed by atoms with E-state index >= 15 is 0 Å². The van der Waals surface area contributed by atoms with Crippen molar-refractivity contribution in [3.8, 4) is 17.6 Å². The number of nitrogens with zero attached hydrogens (tertiary/aromatic N) is 5. The Morgan fingerprint density at radius 3 is 3.11 bits per heavy atom. The van der Waals surface area contributed by atoms with Gasteiger partial charge in [-0.05, 0) is 12.5 Å². The maximum Gasteiger partial charge on any atom is 0.229 e. The second kappa shape index (κ2) is 4.49. The van der Waals surface area contributed by atoms with Crippen LogP contribution in [0.3, 0.4) is 0 Å². The summed E-state index contributed by atoms with van der Waals surface area (Å²) in [6, 6.07) is 3.74. The van der Waals surface area contributed by atoms with E-state index in [2.05, 4.69) is 20.2 Å². The van der Waals surface area contributed by atoms with E-state index in [0.29, 0.717) is 30.2 Å². The van der Waals surface area contributed by atoms with Gasteiger partial charge in [0.05, 0.1) is 6.07 Å². The Morgan fingerprint density at radius 1 is 1.47 bits per heavy atom. The van der Waals surface area contributed by atoms with Gasteiger partial charge < -0.3 is 0 Å². The summed E-state index contributed by atoms with van der Waals surface area (Å²) in [7, 11) is 0. The van der Waals surface area contributed by atoms with Crippen LogP contribution in [0.5, 0.6) is 0 Å². The first-order valence-electron chi connectivity index (χ1n) is 5.82. The summed E-state index contributed by atoms with van der Waals surface area (Å²) in [5, 5.41) is 15.4. The molecule has 94 valence electrons. The summed E-state index contributed by atoms with van der Waals surface area (Å²) in [5.41, 5.74) is 1.57. The summed E-state index contributed by atoms with van der Waals surface area (Å²) in [6.07, 6.45) is 4.31. The van der Waals surface area contributed by atoms with Crippen LogP contribution in [0.25, 0.3) is 11.5 Å². The van der Waals surface area contributed by atoms with Gasteiger partial charge in [-0.2, -0.15) is 10.4 Å². The van der Waals surface area contributed by atoms with Gasteiger partial charge in [0, 0.05) is 24.4 Å². The van der Waals surface area contributed by atoms with E-state index in [9.17, 15) is 4.79 Å². The second-order valence-corrected chi connectivity index (χ2v) is 4.15. The highest BCUT2D eigenvalue weighted by Crippen LogP contribution is 2.26. The number of aromatic amines is 1. The Hall–Kier alpha value is -2.75. The molecule has 0 unspecified atom stereocenters. The van der Waals surface area contributed by atoms with Crippen molar-refractivity contribution in [2.24, 2.45) is 0 Å². The fourth-order valence-corrected chi connectivity index (χ4v) is 2.05. The molecular weight excluding hydrogens is 244 g/mol. The number of nitriles is 1. The number of aryl methyl sites for hydroxylation is 1. The lowest BCUT2D eigenvalue weighted by Gasteiger charge is -2.25. The predicted molar refractivity (Wildman–Crippen MR) is 65.9 cm³/mol. The third-order valence-electron chi connectivity index (χ3n) is 2.98. The molecule has 3 rings (SSSR count). The fraction of sp³-hybridized carbons (Fsp3) is 0.250. The van der Waals surface area contributed by atoms with Crippen LogP contribution in [-0.4, -0.2) is 32.6 Å². The lowest BCUT2D eigenvalue weighted by molar-refractivity contribution is -0.118. The van der Waals surface area contributed by atoms with Crippen molar-refractivity contribution in [2.75, 3.05) is 11.4 Å². The van der Waals surface area contributed by atoms with Crippen LogP contribution >= 0.6 is 0 Å². The van der Waals surface area contributed by atoms with Crippen molar-refractivity contribution < 1.29 is 4.79 Å². The first-order chi connectivity index (χ1) is 9.29. The molecule has 0 bridgehead atoms. The summed E-state index contributed by atoms with van der Waals surface area (Å²) < 4.78 is 0.